The van der Waals surface area contributed by atoms with Crippen molar-refractivity contribution < 1.29 is 14.7 Å². The molecular weight excluding hydrogens is 270 g/mol. The molecule has 1 heterocycles. The molecule has 0 aliphatic carbocycles. The number of hydrogen-bond donors (Lipinski definition) is 2. The molecule has 0 saturated heterocycles. The Kier molecular flexibility index (Phi) is 4.59. The van der Waals surface area contributed by atoms with Crippen molar-refractivity contribution in [2.45, 2.75) is 13.5 Å². The van der Waals surface area contributed by atoms with E-state index in [-0.39, 0.29) is 6.61 Å². The minimum absolute atomic E-state index is 0.130. The third-order valence-corrected chi connectivity index (χ3v) is 2.84. The van der Waals surface area contributed by atoms with E-state index in [0.717, 1.165) is 0 Å². The molecule has 0 radical (unpaired) electrons. The van der Waals surface area contributed by atoms with Gasteiger partial charge in [0.25, 0.3) is 5.91 Å². The fourth-order valence-corrected chi connectivity index (χ4v) is 1.88. The van der Waals surface area contributed by atoms with Gasteiger partial charge in [-0.05, 0) is 19.1 Å². The first-order valence-corrected chi connectivity index (χ1v) is 6.27. The molecule has 0 saturated carbocycles. The van der Waals surface area contributed by atoms with Gasteiger partial charge in [0.15, 0.2) is 0 Å². The first kappa shape index (κ1) is 14.6. The highest BCUT2D eigenvalue weighted by Gasteiger charge is 2.14. The van der Waals surface area contributed by atoms with Gasteiger partial charge in [0.05, 0.1) is 0 Å². The Morgan fingerprint density at radius 1 is 1.48 bits per heavy atom. The summed E-state index contributed by atoms with van der Waals surface area (Å²) in [4.78, 5) is 11.7. The Hall–Kier alpha value is -2.78. The second-order valence-electron chi connectivity index (χ2n) is 4.26. The van der Waals surface area contributed by atoms with Crippen molar-refractivity contribution in [1.29, 1.82) is 0 Å². The first-order valence-electron chi connectivity index (χ1n) is 6.27. The predicted molar refractivity (Wildman–Crippen MR) is 75.8 cm³/mol. The molecule has 1 aromatic heterocycles. The third-order valence-electron chi connectivity index (χ3n) is 2.84. The summed E-state index contributed by atoms with van der Waals surface area (Å²) in [5.74, 6) is 5.56. The lowest BCUT2D eigenvalue weighted by atomic mass is 10.0. The van der Waals surface area contributed by atoms with Gasteiger partial charge in [-0.1, -0.05) is 12.0 Å². The average Bonchev–Trinajstić information content (AvgIpc) is 2.91. The molecule has 1 amide bonds. The van der Waals surface area contributed by atoms with Crippen LogP contribution in [0.2, 0.25) is 0 Å². The molecule has 0 unspecified atom stereocenters. The standard InChI is InChI=1S/C15H15N3O3/c1-3-5-11-6-4-7-12(15(19)17-20)13(11)10-21-14-8-9-18(2)16-14/h4,6-9,20H,10H2,1-2H3,(H,17,19). The number of carbonyl (C=O) groups excluding carboxylic acids is 1. The fraction of sp³-hybridized carbons (Fsp3) is 0.200. The monoisotopic (exact) mass is 285 g/mol. The Balaban J connectivity index is 2.33. The molecule has 0 aliphatic rings. The van der Waals surface area contributed by atoms with Crippen LogP contribution in [0.25, 0.3) is 0 Å². The number of hydrogen-bond acceptors (Lipinski definition) is 4. The summed E-state index contributed by atoms with van der Waals surface area (Å²) in [6, 6.07) is 6.82. The summed E-state index contributed by atoms with van der Waals surface area (Å²) in [5, 5.41) is 12.9. The Labute approximate surface area is 122 Å². The number of nitrogens with zero attached hydrogens (tertiary/aromatic N) is 2. The van der Waals surface area contributed by atoms with Gasteiger partial charge in [-0.25, -0.2) is 5.48 Å². The van der Waals surface area contributed by atoms with Gasteiger partial charge < -0.3 is 4.74 Å². The molecule has 0 fully saturated rings. The smallest absolute Gasteiger partial charge is 0.275 e. The van der Waals surface area contributed by atoms with Crippen LogP contribution >= 0.6 is 0 Å². The molecule has 2 aromatic rings. The van der Waals surface area contributed by atoms with Crippen molar-refractivity contribution in [1.82, 2.24) is 15.3 Å². The van der Waals surface area contributed by atoms with Crippen LogP contribution in [0.4, 0.5) is 0 Å². The maximum atomic E-state index is 11.7. The SMILES string of the molecule is CC#Cc1cccc(C(=O)NO)c1COc1ccn(C)n1. The summed E-state index contributed by atoms with van der Waals surface area (Å²) in [6.45, 7) is 1.84. The molecule has 0 atom stereocenters. The number of carbonyl (C=O) groups is 1. The minimum Gasteiger partial charge on any atom is -0.472 e. The maximum Gasteiger partial charge on any atom is 0.275 e. The van der Waals surface area contributed by atoms with E-state index in [2.05, 4.69) is 16.9 Å². The highest BCUT2D eigenvalue weighted by molar-refractivity contribution is 5.95. The van der Waals surface area contributed by atoms with Crippen LogP contribution in [0.15, 0.2) is 30.5 Å². The molecule has 2 N–H and O–H groups in total. The number of nitrogens with one attached hydrogen (secondary N) is 1. The Morgan fingerprint density at radius 2 is 2.29 bits per heavy atom. The van der Waals surface area contributed by atoms with Gasteiger partial charge in [0, 0.05) is 36.0 Å². The van der Waals surface area contributed by atoms with Crippen LogP contribution in [0, 0.1) is 11.8 Å². The van der Waals surface area contributed by atoms with E-state index in [9.17, 15) is 4.79 Å². The van der Waals surface area contributed by atoms with E-state index in [1.165, 1.54) is 0 Å². The second kappa shape index (κ2) is 6.59. The zero-order chi connectivity index (χ0) is 15.2. The van der Waals surface area contributed by atoms with Crippen molar-refractivity contribution in [3.8, 4) is 17.7 Å². The van der Waals surface area contributed by atoms with Gasteiger partial charge in [-0.2, -0.15) is 0 Å². The van der Waals surface area contributed by atoms with Crippen molar-refractivity contribution in [3.63, 3.8) is 0 Å². The first-order chi connectivity index (χ1) is 10.2. The highest BCUT2D eigenvalue weighted by Crippen LogP contribution is 2.17. The number of amides is 1. The van der Waals surface area contributed by atoms with Crippen LogP contribution < -0.4 is 10.2 Å². The van der Waals surface area contributed by atoms with E-state index in [4.69, 9.17) is 9.94 Å². The topological polar surface area (TPSA) is 76.4 Å². The highest BCUT2D eigenvalue weighted by atomic mass is 16.5. The normalized spacial score (nSPS) is 9.67. The van der Waals surface area contributed by atoms with Crippen LogP contribution in [0.3, 0.4) is 0 Å². The Bertz CT molecular complexity index is 710. The lowest BCUT2D eigenvalue weighted by Gasteiger charge is -2.10. The minimum atomic E-state index is -0.602. The Morgan fingerprint density at radius 3 is 2.90 bits per heavy atom. The molecule has 21 heavy (non-hydrogen) atoms. The summed E-state index contributed by atoms with van der Waals surface area (Å²) < 4.78 is 7.19. The quantitative estimate of drug-likeness (QED) is 0.507. The zero-order valence-electron chi connectivity index (χ0n) is 11.8. The number of hydroxylamine groups is 1. The molecule has 2 rings (SSSR count). The molecule has 0 aliphatic heterocycles. The number of benzene rings is 1. The van der Waals surface area contributed by atoms with E-state index in [1.54, 1.807) is 54.6 Å². The van der Waals surface area contributed by atoms with Crippen molar-refractivity contribution in [3.05, 3.63) is 47.2 Å². The van der Waals surface area contributed by atoms with Crippen molar-refractivity contribution in [2.75, 3.05) is 0 Å². The average molecular weight is 285 g/mol. The van der Waals surface area contributed by atoms with E-state index >= 15 is 0 Å². The predicted octanol–water partition coefficient (Wildman–Crippen LogP) is 1.49. The van der Waals surface area contributed by atoms with Crippen LogP contribution in [0.5, 0.6) is 5.88 Å². The molecule has 0 spiro atoms. The molecule has 1 aromatic carbocycles. The van der Waals surface area contributed by atoms with Gasteiger partial charge in [-0.15, -0.1) is 11.0 Å². The lowest BCUT2D eigenvalue weighted by molar-refractivity contribution is 0.0703. The van der Waals surface area contributed by atoms with E-state index in [0.29, 0.717) is 22.6 Å². The maximum absolute atomic E-state index is 11.7. The van der Waals surface area contributed by atoms with Gasteiger partial charge >= 0.3 is 0 Å². The van der Waals surface area contributed by atoms with Crippen molar-refractivity contribution >= 4 is 5.91 Å². The lowest BCUT2D eigenvalue weighted by Crippen LogP contribution is -2.21. The molecular formula is C15H15N3O3. The second-order valence-corrected chi connectivity index (χ2v) is 4.26. The largest absolute Gasteiger partial charge is 0.472 e. The van der Waals surface area contributed by atoms with Crippen LogP contribution in [0.1, 0.15) is 28.4 Å². The summed E-state index contributed by atoms with van der Waals surface area (Å²) >= 11 is 0. The van der Waals surface area contributed by atoms with Gasteiger partial charge in [-0.3, -0.25) is 14.7 Å². The molecule has 6 nitrogen and oxygen atoms in total. The van der Waals surface area contributed by atoms with E-state index < -0.39 is 5.91 Å². The molecule has 108 valence electrons. The summed E-state index contributed by atoms with van der Waals surface area (Å²) in [6.07, 6.45) is 1.76. The summed E-state index contributed by atoms with van der Waals surface area (Å²) in [7, 11) is 1.79. The number of rotatable bonds is 4. The van der Waals surface area contributed by atoms with E-state index in [1.807, 2.05) is 0 Å². The van der Waals surface area contributed by atoms with Gasteiger partial charge in [0.2, 0.25) is 5.88 Å². The third kappa shape index (κ3) is 3.41. The van der Waals surface area contributed by atoms with Crippen LogP contribution in [-0.4, -0.2) is 20.9 Å². The van der Waals surface area contributed by atoms with Crippen LogP contribution in [-0.2, 0) is 13.7 Å². The number of aryl methyl sites for hydroxylation is 1. The fourth-order valence-electron chi connectivity index (χ4n) is 1.88. The van der Waals surface area contributed by atoms with Gasteiger partial charge in [0.1, 0.15) is 6.61 Å². The zero-order valence-corrected chi connectivity index (χ0v) is 11.8. The molecule has 6 heteroatoms. The number of ether oxygens (including phenoxy) is 1. The summed E-state index contributed by atoms with van der Waals surface area (Å²) in [5.41, 5.74) is 3.22. The molecule has 0 bridgehead atoms. The number of aromatic nitrogens is 2. The van der Waals surface area contributed by atoms with Crippen molar-refractivity contribution in [2.24, 2.45) is 7.05 Å².